The Hall–Kier alpha value is -2.21. The van der Waals surface area contributed by atoms with Crippen molar-refractivity contribution < 1.29 is 19.1 Å². The molecule has 0 spiro atoms. The summed E-state index contributed by atoms with van der Waals surface area (Å²) in [6, 6.07) is 8.19. The van der Waals surface area contributed by atoms with Gasteiger partial charge in [0.2, 0.25) is 0 Å². The number of carbonyl (C=O) groups is 3. The average Bonchev–Trinajstić information content (AvgIpc) is 2.80. The lowest BCUT2D eigenvalue weighted by molar-refractivity contribution is -0.144. The minimum atomic E-state index is -0.762. The quantitative estimate of drug-likeness (QED) is 0.630. The van der Waals surface area contributed by atoms with E-state index in [-0.39, 0.29) is 12.6 Å². The van der Waals surface area contributed by atoms with Crippen molar-refractivity contribution in [2.24, 2.45) is 0 Å². The summed E-state index contributed by atoms with van der Waals surface area (Å²) in [5.74, 6) is -1.52. The Kier molecular flexibility index (Phi) is 4.43. The van der Waals surface area contributed by atoms with Crippen LogP contribution in [0.25, 0.3) is 0 Å². The summed E-state index contributed by atoms with van der Waals surface area (Å²) in [4.78, 5) is 39.1. The summed E-state index contributed by atoms with van der Waals surface area (Å²) in [5.41, 5.74) is 0.817. The van der Waals surface area contributed by atoms with Crippen LogP contribution in [0.15, 0.2) is 30.3 Å². The molecule has 6 heteroatoms. The van der Waals surface area contributed by atoms with E-state index in [9.17, 15) is 14.4 Å². The fourth-order valence-electron chi connectivity index (χ4n) is 3.06. The zero-order valence-electron chi connectivity index (χ0n) is 13.1. The topological polar surface area (TPSA) is 66.9 Å². The van der Waals surface area contributed by atoms with Gasteiger partial charge in [-0.1, -0.05) is 30.3 Å². The second-order valence-electron chi connectivity index (χ2n) is 5.95. The molecule has 2 atom stereocenters. The predicted octanol–water partition coefficient (Wildman–Crippen LogP) is 2.11. The first kappa shape index (κ1) is 15.7. The maximum Gasteiger partial charge on any atom is 0.334 e. The number of urea groups is 1. The summed E-state index contributed by atoms with van der Waals surface area (Å²) in [6.07, 6.45) is 2.64. The molecule has 0 aromatic heterocycles. The van der Waals surface area contributed by atoms with E-state index >= 15 is 0 Å². The minimum absolute atomic E-state index is 0.154. The van der Waals surface area contributed by atoms with Gasteiger partial charge in [-0.2, -0.15) is 0 Å². The highest BCUT2D eigenvalue weighted by atomic mass is 16.5. The van der Waals surface area contributed by atoms with Crippen LogP contribution in [0.4, 0.5) is 4.79 Å². The molecule has 122 valence electrons. The lowest BCUT2D eigenvalue weighted by Crippen LogP contribution is -2.41. The van der Waals surface area contributed by atoms with E-state index < -0.39 is 23.9 Å². The zero-order chi connectivity index (χ0) is 16.4. The number of carbonyl (C=O) groups excluding carboxylic acids is 3. The van der Waals surface area contributed by atoms with Crippen LogP contribution < -0.4 is 0 Å². The Morgan fingerprint density at radius 3 is 2.52 bits per heavy atom. The normalized spacial score (nSPS) is 23.5. The molecule has 0 N–H and O–H groups in total. The molecule has 2 aliphatic rings. The minimum Gasteiger partial charge on any atom is -0.376 e. The van der Waals surface area contributed by atoms with Gasteiger partial charge in [-0.15, -0.1) is 0 Å². The van der Waals surface area contributed by atoms with Crippen LogP contribution in [0.1, 0.15) is 37.8 Å². The third-order valence-electron chi connectivity index (χ3n) is 4.41. The van der Waals surface area contributed by atoms with Crippen LogP contribution in [0, 0.1) is 0 Å². The summed E-state index contributed by atoms with van der Waals surface area (Å²) >= 11 is 0. The third-order valence-corrected chi connectivity index (χ3v) is 4.41. The Morgan fingerprint density at radius 2 is 1.87 bits per heavy atom. The van der Waals surface area contributed by atoms with E-state index in [2.05, 4.69) is 0 Å². The number of amides is 4. The van der Waals surface area contributed by atoms with Crippen LogP contribution >= 0.6 is 0 Å². The number of nitrogens with zero attached hydrogens (tertiary/aromatic N) is 2. The van der Waals surface area contributed by atoms with Crippen molar-refractivity contribution >= 4 is 17.8 Å². The Balaban J connectivity index is 1.76. The van der Waals surface area contributed by atoms with E-state index in [1.54, 1.807) is 6.92 Å². The maximum absolute atomic E-state index is 12.6. The highest BCUT2D eigenvalue weighted by molar-refractivity contribution is 6.44. The average molecular weight is 316 g/mol. The largest absolute Gasteiger partial charge is 0.376 e. The Morgan fingerprint density at radius 1 is 1.13 bits per heavy atom. The van der Waals surface area contributed by atoms with Crippen molar-refractivity contribution in [2.45, 2.75) is 38.3 Å². The smallest absolute Gasteiger partial charge is 0.334 e. The van der Waals surface area contributed by atoms with Crippen LogP contribution in [0.2, 0.25) is 0 Å². The zero-order valence-corrected chi connectivity index (χ0v) is 13.1. The highest BCUT2D eigenvalue weighted by Gasteiger charge is 2.47. The molecule has 4 amide bonds. The van der Waals surface area contributed by atoms with Gasteiger partial charge in [0, 0.05) is 6.61 Å². The molecule has 3 rings (SSSR count). The first-order valence-corrected chi connectivity index (χ1v) is 7.95. The molecule has 0 saturated carbocycles. The fourth-order valence-corrected chi connectivity index (χ4v) is 3.06. The van der Waals surface area contributed by atoms with E-state index in [0.717, 1.165) is 34.6 Å². The van der Waals surface area contributed by atoms with Crippen molar-refractivity contribution in [1.29, 1.82) is 0 Å². The van der Waals surface area contributed by atoms with Crippen molar-refractivity contribution in [1.82, 2.24) is 9.80 Å². The van der Waals surface area contributed by atoms with Gasteiger partial charge >= 0.3 is 17.8 Å². The summed E-state index contributed by atoms with van der Waals surface area (Å²) in [6.45, 7) is 2.54. The summed E-state index contributed by atoms with van der Waals surface area (Å²) in [5, 5.41) is 0. The van der Waals surface area contributed by atoms with E-state index in [1.165, 1.54) is 0 Å². The molecule has 1 aromatic rings. The number of hydrogen-bond donors (Lipinski definition) is 0. The molecular formula is C17H20N2O4. The first-order valence-electron chi connectivity index (χ1n) is 7.95. The predicted molar refractivity (Wildman–Crippen MR) is 82.4 cm³/mol. The molecule has 1 aromatic carbocycles. The molecule has 0 bridgehead atoms. The van der Waals surface area contributed by atoms with Crippen LogP contribution in [-0.4, -0.2) is 46.9 Å². The van der Waals surface area contributed by atoms with Crippen molar-refractivity contribution in [3.05, 3.63) is 35.9 Å². The number of rotatable bonds is 4. The van der Waals surface area contributed by atoms with E-state index in [0.29, 0.717) is 6.61 Å². The van der Waals surface area contributed by atoms with Gasteiger partial charge in [0.05, 0.1) is 18.7 Å². The Labute approximate surface area is 135 Å². The molecule has 2 heterocycles. The van der Waals surface area contributed by atoms with Crippen molar-refractivity contribution in [3.63, 3.8) is 0 Å². The molecule has 2 saturated heterocycles. The van der Waals surface area contributed by atoms with Gasteiger partial charge in [-0.05, 0) is 31.7 Å². The van der Waals surface area contributed by atoms with Crippen molar-refractivity contribution in [2.75, 3.05) is 13.2 Å². The summed E-state index contributed by atoms with van der Waals surface area (Å²) in [7, 11) is 0. The van der Waals surface area contributed by atoms with Gasteiger partial charge in [0.25, 0.3) is 0 Å². The SMILES string of the molecule is CC(c1ccccc1)N1C(=O)C(=O)N(CC2CCCCO2)C1=O. The van der Waals surface area contributed by atoms with Crippen molar-refractivity contribution in [3.8, 4) is 0 Å². The molecule has 2 fully saturated rings. The van der Waals surface area contributed by atoms with Gasteiger partial charge in [-0.25, -0.2) is 9.69 Å². The maximum atomic E-state index is 12.6. The molecule has 0 radical (unpaired) electrons. The summed E-state index contributed by atoms with van der Waals surface area (Å²) < 4.78 is 5.58. The standard InChI is InChI=1S/C17H20N2O4/c1-12(13-7-3-2-4-8-13)19-16(21)15(20)18(17(19)22)11-14-9-5-6-10-23-14/h2-4,7-8,12,14H,5-6,9-11H2,1H3. The van der Waals surface area contributed by atoms with Crippen LogP contribution in [-0.2, 0) is 14.3 Å². The lowest BCUT2D eigenvalue weighted by atomic mass is 10.1. The van der Waals surface area contributed by atoms with Gasteiger partial charge in [0.15, 0.2) is 0 Å². The fraction of sp³-hybridized carbons (Fsp3) is 0.471. The molecule has 6 nitrogen and oxygen atoms in total. The van der Waals surface area contributed by atoms with Crippen LogP contribution in [0.3, 0.4) is 0 Å². The van der Waals surface area contributed by atoms with Gasteiger partial charge in [0.1, 0.15) is 0 Å². The Bertz CT molecular complexity index is 610. The molecule has 0 aliphatic carbocycles. The number of ether oxygens (including phenoxy) is 1. The number of benzene rings is 1. The lowest BCUT2D eigenvalue weighted by Gasteiger charge is -2.26. The second-order valence-corrected chi connectivity index (χ2v) is 5.95. The molecule has 23 heavy (non-hydrogen) atoms. The van der Waals surface area contributed by atoms with E-state index in [4.69, 9.17) is 4.74 Å². The van der Waals surface area contributed by atoms with Crippen LogP contribution in [0.5, 0.6) is 0 Å². The second kappa shape index (κ2) is 6.50. The third kappa shape index (κ3) is 2.99. The molecule has 2 aliphatic heterocycles. The van der Waals surface area contributed by atoms with E-state index in [1.807, 2.05) is 30.3 Å². The number of imide groups is 2. The molecule has 2 unspecified atom stereocenters. The van der Waals surface area contributed by atoms with Gasteiger partial charge < -0.3 is 4.74 Å². The highest BCUT2D eigenvalue weighted by Crippen LogP contribution is 2.27. The first-order chi connectivity index (χ1) is 11.1. The number of hydrogen-bond acceptors (Lipinski definition) is 4. The monoisotopic (exact) mass is 316 g/mol. The molecular weight excluding hydrogens is 296 g/mol. The van der Waals surface area contributed by atoms with Gasteiger partial charge in [-0.3, -0.25) is 14.5 Å².